The summed E-state index contributed by atoms with van der Waals surface area (Å²) in [6, 6.07) is 2.04. The average Bonchev–Trinajstić information content (AvgIpc) is 3.25. The van der Waals surface area contributed by atoms with Crippen LogP contribution in [0.4, 0.5) is 18.0 Å². The van der Waals surface area contributed by atoms with E-state index in [2.05, 4.69) is 16.7 Å². The summed E-state index contributed by atoms with van der Waals surface area (Å²) >= 11 is 0. The van der Waals surface area contributed by atoms with Crippen LogP contribution in [0.5, 0.6) is 0 Å². The number of carbonyl (C=O) groups excluding carboxylic acids is 2. The number of unbranched alkanes of at least 4 members (excludes halogenated alkanes) is 1. The fourth-order valence-electron chi connectivity index (χ4n) is 7.75. The van der Waals surface area contributed by atoms with Crippen molar-refractivity contribution in [3.05, 3.63) is 33.4 Å². The number of piperidine rings is 2. The van der Waals surface area contributed by atoms with Gasteiger partial charge in [-0.1, -0.05) is 39.0 Å². The SMILES string of the molecule is CCCCC1N(CC2CCCCC2)C(=O)OC12CCN(C1CCN(C(=O)c3c(C)cc(=O)oc3C)CC1)CC2.O=C(O)C(F)(F)F. The van der Waals surface area contributed by atoms with Crippen LogP contribution >= 0.6 is 0 Å². The number of hydrogen-bond donors (Lipinski definition) is 1. The van der Waals surface area contributed by atoms with Crippen LogP contribution in [-0.4, -0.2) is 94.4 Å². The molecule has 0 bridgehead atoms. The molecule has 3 saturated heterocycles. The first-order valence-electron chi connectivity index (χ1n) is 16.7. The summed E-state index contributed by atoms with van der Waals surface area (Å²) in [6.45, 7) is 9.87. The number of rotatable bonds is 7. The molecule has 4 aliphatic rings. The number of amides is 2. The van der Waals surface area contributed by atoms with Crippen molar-refractivity contribution in [2.45, 2.75) is 122 Å². The van der Waals surface area contributed by atoms with E-state index in [0.717, 1.165) is 64.6 Å². The lowest BCUT2D eigenvalue weighted by Crippen LogP contribution is -2.56. The lowest BCUT2D eigenvalue weighted by atomic mass is 9.80. The van der Waals surface area contributed by atoms with Gasteiger partial charge in [0.1, 0.15) is 11.4 Å². The number of carboxylic acids is 1. The zero-order valence-electron chi connectivity index (χ0n) is 27.2. The van der Waals surface area contributed by atoms with E-state index in [4.69, 9.17) is 19.1 Å². The van der Waals surface area contributed by atoms with Gasteiger partial charge in [-0.3, -0.25) is 9.69 Å². The number of nitrogens with zero attached hydrogens (tertiary/aromatic N) is 3. The molecule has 1 atom stereocenters. The van der Waals surface area contributed by atoms with Crippen LogP contribution in [0.2, 0.25) is 0 Å². The Kier molecular flexibility index (Phi) is 11.8. The third-order valence-electron chi connectivity index (χ3n) is 10.2. The molecule has 0 aromatic carbocycles. The van der Waals surface area contributed by atoms with Gasteiger partial charge in [0.25, 0.3) is 5.91 Å². The minimum atomic E-state index is -5.08. The lowest BCUT2D eigenvalue weighted by molar-refractivity contribution is -0.192. The van der Waals surface area contributed by atoms with E-state index in [-0.39, 0.29) is 23.6 Å². The zero-order chi connectivity index (χ0) is 33.6. The molecule has 46 heavy (non-hydrogen) atoms. The summed E-state index contributed by atoms with van der Waals surface area (Å²) in [6.07, 6.45) is 8.19. The number of halogens is 3. The van der Waals surface area contributed by atoms with Crippen LogP contribution in [0.3, 0.4) is 0 Å². The Morgan fingerprint density at radius 2 is 1.61 bits per heavy atom. The summed E-state index contributed by atoms with van der Waals surface area (Å²) in [4.78, 5) is 53.6. The fourth-order valence-corrected chi connectivity index (χ4v) is 7.75. The van der Waals surface area contributed by atoms with E-state index in [0.29, 0.717) is 41.9 Å². The van der Waals surface area contributed by atoms with Crippen molar-refractivity contribution in [3.63, 3.8) is 0 Å². The van der Waals surface area contributed by atoms with Gasteiger partial charge in [-0.2, -0.15) is 13.2 Å². The first-order chi connectivity index (χ1) is 21.8. The van der Waals surface area contributed by atoms with Crippen LogP contribution in [0.1, 0.15) is 106 Å². The van der Waals surface area contributed by atoms with Gasteiger partial charge < -0.3 is 24.1 Å². The van der Waals surface area contributed by atoms with E-state index in [9.17, 15) is 27.6 Å². The van der Waals surface area contributed by atoms with Crippen molar-refractivity contribution in [1.29, 1.82) is 0 Å². The summed E-state index contributed by atoms with van der Waals surface area (Å²) in [5.41, 5.74) is 0.441. The second-order valence-electron chi connectivity index (χ2n) is 13.3. The largest absolute Gasteiger partial charge is 0.490 e. The Hall–Kier alpha value is -3.09. The molecule has 1 spiro atoms. The summed E-state index contributed by atoms with van der Waals surface area (Å²) in [7, 11) is 0. The van der Waals surface area contributed by atoms with Crippen molar-refractivity contribution in [3.8, 4) is 0 Å². The fraction of sp³-hybridized carbons (Fsp3) is 0.758. The molecule has 1 aliphatic carbocycles. The molecule has 1 unspecified atom stereocenters. The molecular formula is C33H48F3N3O7. The Labute approximate surface area is 268 Å². The number of hydrogen-bond acceptors (Lipinski definition) is 7. The third kappa shape index (κ3) is 8.43. The molecule has 4 fully saturated rings. The minimum absolute atomic E-state index is 0.0421. The van der Waals surface area contributed by atoms with E-state index in [1.165, 1.54) is 38.2 Å². The number of ether oxygens (including phenoxy) is 1. The van der Waals surface area contributed by atoms with Crippen molar-refractivity contribution in [2.24, 2.45) is 5.92 Å². The average molecular weight is 656 g/mol. The molecule has 0 radical (unpaired) electrons. The Bertz CT molecular complexity index is 1250. The zero-order valence-corrected chi connectivity index (χ0v) is 27.2. The van der Waals surface area contributed by atoms with Crippen LogP contribution in [0.25, 0.3) is 0 Å². The van der Waals surface area contributed by atoms with Gasteiger partial charge in [0.15, 0.2) is 0 Å². The van der Waals surface area contributed by atoms with Crippen LogP contribution in [0.15, 0.2) is 15.3 Å². The highest BCUT2D eigenvalue weighted by Crippen LogP contribution is 2.43. The Balaban J connectivity index is 0.000000617. The maximum atomic E-state index is 13.2. The molecule has 258 valence electrons. The van der Waals surface area contributed by atoms with E-state index >= 15 is 0 Å². The van der Waals surface area contributed by atoms with Gasteiger partial charge in [0, 0.05) is 57.7 Å². The molecule has 1 saturated carbocycles. The highest BCUT2D eigenvalue weighted by atomic mass is 19.4. The topological polar surface area (TPSA) is 121 Å². The van der Waals surface area contributed by atoms with Crippen molar-refractivity contribution in [1.82, 2.24) is 14.7 Å². The monoisotopic (exact) mass is 655 g/mol. The second-order valence-corrected chi connectivity index (χ2v) is 13.3. The van der Waals surface area contributed by atoms with Crippen molar-refractivity contribution >= 4 is 18.0 Å². The van der Waals surface area contributed by atoms with Gasteiger partial charge in [-0.25, -0.2) is 14.4 Å². The predicted octanol–water partition coefficient (Wildman–Crippen LogP) is 5.92. The molecule has 1 N–H and O–H groups in total. The number of alkyl halides is 3. The Morgan fingerprint density at radius 1 is 1.00 bits per heavy atom. The van der Waals surface area contributed by atoms with Crippen molar-refractivity contribution < 1.29 is 41.8 Å². The van der Waals surface area contributed by atoms with Gasteiger partial charge in [-0.15, -0.1) is 0 Å². The molecule has 1 aromatic rings. The van der Waals surface area contributed by atoms with Crippen molar-refractivity contribution in [2.75, 3.05) is 32.7 Å². The third-order valence-corrected chi connectivity index (χ3v) is 10.2. The number of carboxylic acid groups (broad SMARTS) is 1. The lowest BCUT2D eigenvalue weighted by Gasteiger charge is -2.46. The molecular weight excluding hydrogens is 607 g/mol. The molecule has 5 rings (SSSR count). The normalized spacial score (nSPS) is 22.8. The molecule has 2 amide bonds. The quantitative estimate of drug-likeness (QED) is 0.385. The highest BCUT2D eigenvalue weighted by Gasteiger charge is 2.55. The van der Waals surface area contributed by atoms with Crippen LogP contribution in [0, 0.1) is 19.8 Å². The first-order valence-corrected chi connectivity index (χ1v) is 16.7. The van der Waals surface area contributed by atoms with E-state index < -0.39 is 17.8 Å². The molecule has 13 heteroatoms. The molecule has 3 aliphatic heterocycles. The number of carbonyl (C=O) groups is 3. The highest BCUT2D eigenvalue weighted by molar-refractivity contribution is 5.96. The summed E-state index contributed by atoms with van der Waals surface area (Å²) in [5.74, 6) is -1.78. The van der Waals surface area contributed by atoms with Gasteiger partial charge in [0.2, 0.25) is 0 Å². The van der Waals surface area contributed by atoms with E-state index in [1.54, 1.807) is 13.8 Å². The van der Waals surface area contributed by atoms with Crippen LogP contribution in [-0.2, 0) is 9.53 Å². The number of likely N-dealkylation sites (tertiary alicyclic amines) is 2. The molecule has 1 aromatic heterocycles. The second kappa shape index (κ2) is 15.2. The van der Waals surface area contributed by atoms with E-state index in [1.807, 2.05) is 4.90 Å². The maximum absolute atomic E-state index is 13.2. The summed E-state index contributed by atoms with van der Waals surface area (Å²) < 4.78 is 43.2. The van der Waals surface area contributed by atoms with Crippen LogP contribution < -0.4 is 5.63 Å². The number of aryl methyl sites for hydroxylation is 2. The molecule has 4 heterocycles. The van der Waals surface area contributed by atoms with Gasteiger partial charge in [0.05, 0.1) is 11.6 Å². The Morgan fingerprint density at radius 3 is 2.15 bits per heavy atom. The van der Waals surface area contributed by atoms with Gasteiger partial charge >= 0.3 is 23.9 Å². The first kappa shape index (κ1) is 35.8. The minimum Gasteiger partial charge on any atom is -0.475 e. The standard InChI is InChI=1S/C31H47N3O5.C2HF3O2/c1-4-5-11-26-31(39-30(37)34(26)21-24-9-7-6-8-10-24)14-18-32(19-15-31)25-12-16-33(17-13-25)29(36)28-22(2)20-27(35)38-23(28)3;3-2(4,5)1(6)7/h20,24-26H,4-19,21H2,1-3H3;(H,6,7). The molecule has 10 nitrogen and oxygen atoms in total. The smallest absolute Gasteiger partial charge is 0.475 e. The number of aliphatic carboxylic acids is 1. The van der Waals surface area contributed by atoms with Gasteiger partial charge in [-0.05, 0) is 57.4 Å². The summed E-state index contributed by atoms with van der Waals surface area (Å²) in [5, 5.41) is 7.12. The maximum Gasteiger partial charge on any atom is 0.490 e. The predicted molar refractivity (Wildman–Crippen MR) is 164 cm³/mol.